The van der Waals surface area contributed by atoms with Gasteiger partial charge in [-0.25, -0.2) is 0 Å². The molecule has 2 unspecified atom stereocenters. The summed E-state index contributed by atoms with van der Waals surface area (Å²) in [6, 6.07) is 56.5. The van der Waals surface area contributed by atoms with Crippen LogP contribution < -0.4 is 0 Å². The van der Waals surface area contributed by atoms with Crippen LogP contribution in [0.2, 0.25) is 0 Å². The third-order valence-corrected chi connectivity index (χ3v) is 13.8. The van der Waals surface area contributed by atoms with Gasteiger partial charge in [-0.1, -0.05) is 169 Å². The molecule has 70 heavy (non-hydrogen) atoms. The van der Waals surface area contributed by atoms with E-state index in [9.17, 15) is 10.2 Å². The molecule has 0 bridgehead atoms. The average molecular weight is 885 g/mol. The number of fused-ring (bicyclic) bond motifs is 1. The Labute approximate surface area is 405 Å². The van der Waals surface area contributed by atoms with Crippen LogP contribution in [0.4, 0.5) is 0 Å². The smallest absolute Gasteiger partial charge is 0.121 e. The molecule has 0 aliphatic heterocycles. The predicted octanol–water partition coefficient (Wildman–Crippen LogP) is 14.3. The molecule has 0 fully saturated rings. The highest BCUT2D eigenvalue weighted by Crippen LogP contribution is 2.48. The van der Waals surface area contributed by atoms with Crippen molar-refractivity contribution >= 4 is 75.4 Å². The van der Waals surface area contributed by atoms with E-state index in [0.29, 0.717) is 55.3 Å². The Morgan fingerprint density at radius 1 is 0.314 bits per heavy atom. The SMILES string of the molecule is C#Cc1cc(C#C)cc(C#CC(c2c(O)ccc3c(C(C#Cc4cc(C#C)cc(C#C)c4)c4ccc5ccc6cccc7ccc4c5c67)c(O)ccc23)c2ccc3ccc4cccc5ccc2c3c45)c1. The zero-order valence-electron chi connectivity index (χ0n) is 37.5. The Balaban J connectivity index is 1.15. The highest BCUT2D eigenvalue weighted by molar-refractivity contribution is 6.25. The number of benzene rings is 12. The molecule has 0 radical (unpaired) electrons. The molecule has 0 aromatic heterocycles. The Hall–Kier alpha value is -10.1. The molecule has 0 saturated heterocycles. The minimum atomic E-state index is -0.692. The van der Waals surface area contributed by atoms with Crippen molar-refractivity contribution in [2.75, 3.05) is 0 Å². The highest BCUT2D eigenvalue weighted by Gasteiger charge is 2.28. The van der Waals surface area contributed by atoms with Crippen LogP contribution in [0.15, 0.2) is 170 Å². The molecular formula is C68H36O2. The third-order valence-electron chi connectivity index (χ3n) is 13.8. The zero-order chi connectivity index (χ0) is 47.6. The molecule has 12 aromatic rings. The molecule has 12 aromatic carbocycles. The minimum absolute atomic E-state index is 0.0501. The van der Waals surface area contributed by atoms with Crippen molar-refractivity contribution in [3.05, 3.63) is 225 Å². The summed E-state index contributed by atoms with van der Waals surface area (Å²) >= 11 is 0. The fourth-order valence-corrected chi connectivity index (χ4v) is 10.7. The molecule has 0 heterocycles. The Kier molecular flexibility index (Phi) is 9.68. The predicted molar refractivity (Wildman–Crippen MR) is 290 cm³/mol. The maximum Gasteiger partial charge on any atom is 0.121 e. The summed E-state index contributed by atoms with van der Waals surface area (Å²) in [4.78, 5) is 0. The summed E-state index contributed by atoms with van der Waals surface area (Å²) in [6.07, 6.45) is 23.6. The molecule has 0 amide bonds. The molecule has 0 saturated carbocycles. The number of terminal acetylenes is 4. The van der Waals surface area contributed by atoms with E-state index in [0.717, 1.165) is 75.8 Å². The van der Waals surface area contributed by atoms with Crippen LogP contribution >= 0.6 is 0 Å². The van der Waals surface area contributed by atoms with Gasteiger partial charge in [0.15, 0.2) is 0 Å². The number of hydrogen-bond acceptors (Lipinski definition) is 2. The summed E-state index contributed by atoms with van der Waals surface area (Å²) in [5.74, 6) is 23.7. The first kappa shape index (κ1) is 41.4. The van der Waals surface area contributed by atoms with Crippen molar-refractivity contribution in [2.45, 2.75) is 11.8 Å². The van der Waals surface area contributed by atoms with Crippen molar-refractivity contribution in [2.24, 2.45) is 0 Å². The molecule has 320 valence electrons. The normalized spacial score (nSPS) is 12.0. The first-order chi connectivity index (χ1) is 34.3. The van der Waals surface area contributed by atoms with E-state index < -0.39 is 11.8 Å². The first-order valence-electron chi connectivity index (χ1n) is 22.8. The van der Waals surface area contributed by atoms with Crippen molar-refractivity contribution in [3.63, 3.8) is 0 Å². The molecule has 2 heteroatoms. The topological polar surface area (TPSA) is 40.5 Å². The van der Waals surface area contributed by atoms with E-state index in [4.69, 9.17) is 25.7 Å². The Morgan fingerprint density at radius 3 is 0.971 bits per heavy atom. The lowest BCUT2D eigenvalue weighted by atomic mass is 9.79. The second-order valence-corrected chi connectivity index (χ2v) is 17.7. The summed E-state index contributed by atoms with van der Waals surface area (Å²) in [6.45, 7) is 0. The van der Waals surface area contributed by atoms with Gasteiger partial charge in [-0.3, -0.25) is 0 Å². The molecule has 2 atom stereocenters. The van der Waals surface area contributed by atoms with Gasteiger partial charge in [0.2, 0.25) is 0 Å². The number of rotatable bonds is 4. The van der Waals surface area contributed by atoms with Crippen LogP contribution in [0.1, 0.15) is 67.5 Å². The first-order valence-corrected chi connectivity index (χ1v) is 22.8. The fraction of sp³-hybridized carbons (Fsp3) is 0.0294. The molecule has 0 aliphatic carbocycles. The third kappa shape index (κ3) is 6.66. The van der Waals surface area contributed by atoms with E-state index in [1.54, 1.807) is 24.3 Å². The van der Waals surface area contributed by atoms with E-state index in [1.807, 2.05) is 36.4 Å². The summed E-state index contributed by atoms with van der Waals surface area (Å²) in [7, 11) is 0. The quantitative estimate of drug-likeness (QED) is 0.137. The van der Waals surface area contributed by atoms with Crippen LogP contribution in [0.5, 0.6) is 11.5 Å². The van der Waals surface area contributed by atoms with Crippen LogP contribution in [-0.4, -0.2) is 10.2 Å². The van der Waals surface area contributed by atoms with Crippen molar-refractivity contribution in [3.8, 4) is 84.6 Å². The average Bonchev–Trinajstić information content (AvgIpc) is 3.40. The van der Waals surface area contributed by atoms with Gasteiger partial charge < -0.3 is 10.2 Å². The number of hydrogen-bond donors (Lipinski definition) is 2. The maximum atomic E-state index is 12.4. The van der Waals surface area contributed by atoms with Gasteiger partial charge in [-0.05, 0) is 135 Å². The van der Waals surface area contributed by atoms with E-state index in [1.165, 1.54) is 0 Å². The van der Waals surface area contributed by atoms with Crippen LogP contribution in [0, 0.1) is 73.1 Å². The van der Waals surface area contributed by atoms with E-state index in [-0.39, 0.29) is 11.5 Å². The second-order valence-electron chi connectivity index (χ2n) is 17.7. The lowest BCUT2D eigenvalue weighted by molar-refractivity contribution is 0.467. The Morgan fingerprint density at radius 2 is 0.614 bits per heavy atom. The Bertz CT molecular complexity index is 4130. The molecule has 0 aliphatic rings. The van der Waals surface area contributed by atoms with Gasteiger partial charge in [0.1, 0.15) is 11.5 Å². The van der Waals surface area contributed by atoms with Gasteiger partial charge >= 0.3 is 0 Å². The summed E-state index contributed by atoms with van der Waals surface area (Å²) < 4.78 is 0. The van der Waals surface area contributed by atoms with Crippen molar-refractivity contribution < 1.29 is 10.2 Å². The molecule has 0 spiro atoms. The molecule has 2 N–H and O–H groups in total. The van der Waals surface area contributed by atoms with Gasteiger partial charge in [0.05, 0.1) is 11.8 Å². The molecule has 12 rings (SSSR count). The fourth-order valence-electron chi connectivity index (χ4n) is 10.7. The summed E-state index contributed by atoms with van der Waals surface area (Å²) in [5.41, 5.74) is 6.73. The van der Waals surface area contributed by atoms with Crippen LogP contribution in [-0.2, 0) is 0 Å². The van der Waals surface area contributed by atoms with Crippen LogP contribution in [0.3, 0.4) is 0 Å². The zero-order valence-corrected chi connectivity index (χ0v) is 37.5. The summed E-state index contributed by atoms with van der Waals surface area (Å²) in [5, 5.41) is 39.5. The molecule has 2 nitrogen and oxygen atoms in total. The highest BCUT2D eigenvalue weighted by atomic mass is 16.3. The standard InChI is InChI=1S/C68H36O2/c1-5-41-35-42(6-2)38-45(37-41)15-25-57(53-27-21-51-19-17-47-11-9-13-49-23-29-55(53)65(51)63(47)49)67-59-31-34-62(70)68(60(59)32-33-61(67)69)58(26-16-46-39-43(7-3)36-44(8-4)40-46)54-28-22-52-20-18-48-12-10-14-50-24-30-56(54)66(52)64(48)50/h1-4,9-14,17-24,27-40,57-58,69-70H. The van der Waals surface area contributed by atoms with Crippen molar-refractivity contribution in [1.29, 1.82) is 0 Å². The lowest BCUT2D eigenvalue weighted by Gasteiger charge is -2.23. The number of aromatic hydroxyl groups is 2. The van der Waals surface area contributed by atoms with Gasteiger partial charge in [0.25, 0.3) is 0 Å². The lowest BCUT2D eigenvalue weighted by Crippen LogP contribution is -2.05. The van der Waals surface area contributed by atoms with Crippen LogP contribution in [0.25, 0.3) is 75.4 Å². The number of phenolic OH excluding ortho intramolecular Hbond substituents is 2. The maximum absolute atomic E-state index is 12.4. The van der Waals surface area contributed by atoms with Gasteiger partial charge in [-0.2, -0.15) is 0 Å². The largest absolute Gasteiger partial charge is 0.508 e. The monoisotopic (exact) mass is 884 g/mol. The second kappa shape index (κ2) is 16.4. The van der Waals surface area contributed by atoms with Crippen molar-refractivity contribution in [1.82, 2.24) is 0 Å². The van der Waals surface area contributed by atoms with Gasteiger partial charge in [0, 0.05) is 44.5 Å². The van der Waals surface area contributed by atoms with E-state index in [2.05, 4.69) is 157 Å². The van der Waals surface area contributed by atoms with Gasteiger partial charge in [-0.15, -0.1) is 25.7 Å². The minimum Gasteiger partial charge on any atom is -0.508 e. The number of phenols is 2. The van der Waals surface area contributed by atoms with E-state index >= 15 is 0 Å². The molecular weight excluding hydrogens is 849 g/mol.